The number of hydrogen-bond donors (Lipinski definition) is 1. The number of urea groups is 1. The molecule has 0 heterocycles. The first-order valence-corrected chi connectivity index (χ1v) is 5.79. The second-order valence-corrected chi connectivity index (χ2v) is 3.94. The van der Waals surface area contributed by atoms with E-state index >= 15 is 0 Å². The SMILES string of the molecule is CCCNC(=O)N(C)Cc1ccc(OC)cc1. The number of amides is 2. The van der Waals surface area contributed by atoms with Crippen molar-refractivity contribution in [2.24, 2.45) is 0 Å². The summed E-state index contributed by atoms with van der Waals surface area (Å²) in [6.45, 7) is 3.34. The fourth-order valence-electron chi connectivity index (χ4n) is 1.44. The zero-order chi connectivity index (χ0) is 12.7. The topological polar surface area (TPSA) is 41.6 Å². The third-order valence-corrected chi connectivity index (χ3v) is 2.45. The molecule has 2 amide bonds. The Bertz CT molecular complexity index is 349. The van der Waals surface area contributed by atoms with Gasteiger partial charge in [-0.2, -0.15) is 0 Å². The lowest BCUT2D eigenvalue weighted by atomic mass is 10.2. The first-order valence-electron chi connectivity index (χ1n) is 5.79. The van der Waals surface area contributed by atoms with Crippen LogP contribution < -0.4 is 10.1 Å². The van der Waals surface area contributed by atoms with Crippen molar-refractivity contribution in [3.05, 3.63) is 29.8 Å². The van der Waals surface area contributed by atoms with Crippen LogP contribution in [0.5, 0.6) is 5.75 Å². The number of carbonyl (C=O) groups is 1. The van der Waals surface area contributed by atoms with Crippen molar-refractivity contribution in [3.8, 4) is 5.75 Å². The van der Waals surface area contributed by atoms with E-state index in [1.54, 1.807) is 19.1 Å². The fourth-order valence-corrected chi connectivity index (χ4v) is 1.44. The molecule has 1 aromatic carbocycles. The second kappa shape index (κ2) is 6.78. The van der Waals surface area contributed by atoms with Crippen LogP contribution in [-0.2, 0) is 6.54 Å². The minimum atomic E-state index is -0.0392. The summed E-state index contributed by atoms with van der Waals surface area (Å²) in [6, 6.07) is 7.67. The van der Waals surface area contributed by atoms with E-state index < -0.39 is 0 Å². The second-order valence-electron chi connectivity index (χ2n) is 3.94. The molecule has 0 radical (unpaired) electrons. The van der Waals surface area contributed by atoms with Crippen molar-refractivity contribution in [2.45, 2.75) is 19.9 Å². The van der Waals surface area contributed by atoms with Crippen LogP contribution in [-0.4, -0.2) is 31.6 Å². The van der Waals surface area contributed by atoms with Gasteiger partial charge in [0, 0.05) is 20.1 Å². The normalized spacial score (nSPS) is 9.82. The van der Waals surface area contributed by atoms with Gasteiger partial charge < -0.3 is 15.0 Å². The highest BCUT2D eigenvalue weighted by Crippen LogP contribution is 2.12. The van der Waals surface area contributed by atoms with E-state index in [0.717, 1.165) is 17.7 Å². The first kappa shape index (κ1) is 13.4. The lowest BCUT2D eigenvalue weighted by molar-refractivity contribution is 0.207. The quantitative estimate of drug-likeness (QED) is 0.852. The lowest BCUT2D eigenvalue weighted by Crippen LogP contribution is -2.37. The summed E-state index contributed by atoms with van der Waals surface area (Å²) < 4.78 is 5.08. The number of benzene rings is 1. The van der Waals surface area contributed by atoms with E-state index in [2.05, 4.69) is 5.32 Å². The molecule has 0 bridgehead atoms. The Morgan fingerprint density at radius 3 is 2.53 bits per heavy atom. The van der Waals surface area contributed by atoms with E-state index in [9.17, 15) is 4.79 Å². The molecular weight excluding hydrogens is 216 g/mol. The molecule has 0 aliphatic rings. The Kier molecular flexibility index (Phi) is 5.33. The summed E-state index contributed by atoms with van der Waals surface area (Å²) in [7, 11) is 3.43. The Balaban J connectivity index is 2.49. The van der Waals surface area contributed by atoms with Crippen LogP contribution in [0.2, 0.25) is 0 Å². The number of ether oxygens (including phenoxy) is 1. The Labute approximate surface area is 103 Å². The maximum absolute atomic E-state index is 11.6. The van der Waals surface area contributed by atoms with Gasteiger partial charge in [0.25, 0.3) is 0 Å². The Hall–Kier alpha value is -1.71. The van der Waals surface area contributed by atoms with Gasteiger partial charge in [-0.3, -0.25) is 0 Å². The van der Waals surface area contributed by atoms with Gasteiger partial charge in [0.2, 0.25) is 0 Å². The highest BCUT2D eigenvalue weighted by Gasteiger charge is 2.07. The summed E-state index contributed by atoms with van der Waals surface area (Å²) in [5, 5.41) is 2.84. The van der Waals surface area contributed by atoms with Crippen molar-refractivity contribution in [1.29, 1.82) is 0 Å². The van der Waals surface area contributed by atoms with Gasteiger partial charge in [-0.25, -0.2) is 4.79 Å². The molecule has 0 aromatic heterocycles. The predicted molar refractivity (Wildman–Crippen MR) is 68.2 cm³/mol. The van der Waals surface area contributed by atoms with E-state index in [-0.39, 0.29) is 6.03 Å². The zero-order valence-electron chi connectivity index (χ0n) is 10.7. The van der Waals surface area contributed by atoms with E-state index in [0.29, 0.717) is 13.1 Å². The number of nitrogens with one attached hydrogen (secondary N) is 1. The first-order chi connectivity index (χ1) is 8.17. The molecule has 4 heteroatoms. The van der Waals surface area contributed by atoms with Crippen LogP contribution >= 0.6 is 0 Å². The molecule has 0 saturated heterocycles. The van der Waals surface area contributed by atoms with E-state index in [1.807, 2.05) is 31.2 Å². The largest absolute Gasteiger partial charge is 0.497 e. The molecule has 4 nitrogen and oxygen atoms in total. The van der Waals surface area contributed by atoms with Gasteiger partial charge in [0.1, 0.15) is 5.75 Å². The molecule has 1 aromatic rings. The Morgan fingerprint density at radius 1 is 1.35 bits per heavy atom. The Morgan fingerprint density at radius 2 is 2.00 bits per heavy atom. The van der Waals surface area contributed by atoms with Gasteiger partial charge in [0.15, 0.2) is 0 Å². The molecule has 94 valence electrons. The van der Waals surface area contributed by atoms with Gasteiger partial charge >= 0.3 is 6.03 Å². The maximum Gasteiger partial charge on any atom is 0.317 e. The van der Waals surface area contributed by atoms with E-state index in [1.165, 1.54) is 0 Å². The standard InChI is InChI=1S/C13H20N2O2/c1-4-9-14-13(16)15(2)10-11-5-7-12(17-3)8-6-11/h5-8H,4,9-10H2,1-3H3,(H,14,16). The fraction of sp³-hybridized carbons (Fsp3) is 0.462. The van der Waals surface area contributed by atoms with Crippen molar-refractivity contribution in [2.75, 3.05) is 20.7 Å². The minimum Gasteiger partial charge on any atom is -0.497 e. The summed E-state index contributed by atoms with van der Waals surface area (Å²) in [5.74, 6) is 0.826. The average Bonchev–Trinajstić information content (AvgIpc) is 2.36. The third-order valence-electron chi connectivity index (χ3n) is 2.45. The molecule has 0 saturated carbocycles. The van der Waals surface area contributed by atoms with E-state index in [4.69, 9.17) is 4.74 Å². The highest BCUT2D eigenvalue weighted by atomic mass is 16.5. The number of rotatable bonds is 5. The highest BCUT2D eigenvalue weighted by molar-refractivity contribution is 5.73. The van der Waals surface area contributed by atoms with Gasteiger partial charge in [-0.05, 0) is 24.1 Å². The molecule has 0 spiro atoms. The molecule has 0 atom stereocenters. The molecule has 1 N–H and O–H groups in total. The zero-order valence-corrected chi connectivity index (χ0v) is 10.7. The summed E-state index contributed by atoms with van der Waals surface area (Å²) in [4.78, 5) is 13.3. The molecule has 0 aliphatic heterocycles. The van der Waals surface area contributed by atoms with Crippen LogP contribution in [0.1, 0.15) is 18.9 Å². The van der Waals surface area contributed by atoms with Crippen molar-refractivity contribution >= 4 is 6.03 Å². The summed E-state index contributed by atoms with van der Waals surface area (Å²) in [5.41, 5.74) is 1.08. The van der Waals surface area contributed by atoms with Crippen molar-refractivity contribution in [3.63, 3.8) is 0 Å². The molecule has 0 unspecified atom stereocenters. The summed E-state index contributed by atoms with van der Waals surface area (Å²) in [6.07, 6.45) is 0.947. The number of hydrogen-bond acceptors (Lipinski definition) is 2. The van der Waals surface area contributed by atoms with Crippen molar-refractivity contribution in [1.82, 2.24) is 10.2 Å². The molecule has 0 aliphatic carbocycles. The number of carbonyl (C=O) groups excluding carboxylic acids is 1. The van der Waals surface area contributed by atoms with Crippen LogP contribution in [0.3, 0.4) is 0 Å². The van der Waals surface area contributed by atoms with Crippen LogP contribution in [0.25, 0.3) is 0 Å². The molecule has 0 fully saturated rings. The maximum atomic E-state index is 11.6. The molecule has 17 heavy (non-hydrogen) atoms. The smallest absolute Gasteiger partial charge is 0.317 e. The monoisotopic (exact) mass is 236 g/mol. The van der Waals surface area contributed by atoms with Gasteiger partial charge in [0.05, 0.1) is 7.11 Å². The predicted octanol–water partition coefficient (Wildman–Crippen LogP) is 2.25. The molecular formula is C13H20N2O2. The van der Waals surface area contributed by atoms with Crippen LogP contribution in [0.15, 0.2) is 24.3 Å². The lowest BCUT2D eigenvalue weighted by Gasteiger charge is -2.17. The van der Waals surface area contributed by atoms with Gasteiger partial charge in [-0.1, -0.05) is 19.1 Å². The van der Waals surface area contributed by atoms with Crippen molar-refractivity contribution < 1.29 is 9.53 Å². The molecule has 1 rings (SSSR count). The number of methoxy groups -OCH3 is 1. The third kappa shape index (κ3) is 4.34. The average molecular weight is 236 g/mol. The minimum absolute atomic E-state index is 0.0392. The van der Waals surface area contributed by atoms with Crippen LogP contribution in [0, 0.1) is 0 Å². The summed E-state index contributed by atoms with van der Waals surface area (Å²) >= 11 is 0. The van der Waals surface area contributed by atoms with Gasteiger partial charge in [-0.15, -0.1) is 0 Å². The van der Waals surface area contributed by atoms with Crippen LogP contribution in [0.4, 0.5) is 4.79 Å². The number of nitrogens with zero attached hydrogens (tertiary/aromatic N) is 1.